The largest absolute Gasteiger partial charge is 0.563 e. The fourth-order valence-corrected chi connectivity index (χ4v) is 2.39. The van der Waals surface area contributed by atoms with E-state index in [1.54, 1.807) is 0 Å². The number of nitrogens with one attached hydrogen (secondary N) is 1. The minimum Gasteiger partial charge on any atom is -0.563 e. The Morgan fingerprint density at radius 3 is 2.33 bits per heavy atom. The van der Waals surface area contributed by atoms with Crippen LogP contribution in [0.4, 0.5) is 0 Å². The lowest BCUT2D eigenvalue weighted by atomic mass is 9.99. The Bertz CT molecular complexity index is 248. The zero-order valence-corrected chi connectivity index (χ0v) is 9.60. The van der Waals surface area contributed by atoms with Crippen LogP contribution in [0, 0.1) is 5.41 Å². The van der Waals surface area contributed by atoms with E-state index in [4.69, 9.17) is 10.2 Å². The Hall–Kier alpha value is -0.650. The molecule has 86 valence electrons. The third-order valence-electron chi connectivity index (χ3n) is 3.33. The van der Waals surface area contributed by atoms with Crippen LogP contribution in [0.2, 0.25) is 0 Å². The van der Waals surface area contributed by atoms with Crippen molar-refractivity contribution in [1.29, 1.82) is 5.41 Å². The Labute approximate surface area is 90.8 Å². The molecule has 0 aromatic carbocycles. The first-order chi connectivity index (χ1) is 7.11. The third kappa shape index (κ3) is 1.87. The molecule has 0 saturated carbocycles. The van der Waals surface area contributed by atoms with E-state index >= 15 is 0 Å². The van der Waals surface area contributed by atoms with Crippen molar-refractivity contribution in [1.82, 2.24) is 10.1 Å². The molecule has 0 aromatic heterocycles. The average molecular weight is 211 g/mol. The van der Waals surface area contributed by atoms with Gasteiger partial charge >= 0.3 is 0 Å². The fraction of sp³-hybridized carbons (Fsp3) is 0.900. The molecule has 0 bridgehead atoms. The summed E-state index contributed by atoms with van der Waals surface area (Å²) in [6.07, 6.45) is 3.66. The number of hydrogen-bond acceptors (Lipinski definition) is 4. The lowest BCUT2D eigenvalue weighted by Gasteiger charge is -2.50. The molecular formula is C10H19N4O-. The van der Waals surface area contributed by atoms with Gasteiger partial charge in [0.2, 0.25) is 0 Å². The molecule has 15 heavy (non-hydrogen) atoms. The molecule has 0 aromatic rings. The summed E-state index contributed by atoms with van der Waals surface area (Å²) in [6.45, 7) is 6.37. The zero-order valence-electron chi connectivity index (χ0n) is 9.60. The maximum Gasteiger partial charge on any atom is 0.183 e. The average Bonchev–Trinajstić information content (AvgIpc) is 2.49. The first-order valence-corrected chi connectivity index (χ1v) is 5.65. The highest BCUT2D eigenvalue weighted by molar-refractivity contribution is 5.80. The molecule has 2 aliphatic rings. The Morgan fingerprint density at radius 1 is 1.27 bits per heavy atom. The zero-order chi connectivity index (χ0) is 11.0. The number of piperidine rings is 1. The molecule has 0 radical (unpaired) electrons. The molecule has 5 heteroatoms. The van der Waals surface area contributed by atoms with Gasteiger partial charge in [-0.2, -0.15) is 0 Å². The molecule has 2 heterocycles. The van der Waals surface area contributed by atoms with Gasteiger partial charge in [-0.15, -0.1) is 0 Å². The van der Waals surface area contributed by atoms with Crippen LogP contribution in [0.1, 0.15) is 40.0 Å². The monoisotopic (exact) mass is 211 g/mol. The molecule has 0 spiro atoms. The number of rotatable bonds is 1. The summed E-state index contributed by atoms with van der Waals surface area (Å²) in [5.41, 5.74) is 3.96. The van der Waals surface area contributed by atoms with Crippen LogP contribution in [-0.2, 0) is 4.84 Å². The van der Waals surface area contributed by atoms with Crippen LogP contribution >= 0.6 is 0 Å². The molecule has 2 fully saturated rings. The Morgan fingerprint density at radius 2 is 1.87 bits per heavy atom. The summed E-state index contributed by atoms with van der Waals surface area (Å²) < 4.78 is 0. The number of hydrogen-bond donors (Lipinski definition) is 1. The van der Waals surface area contributed by atoms with Crippen LogP contribution in [0.25, 0.3) is 5.59 Å². The second-order valence-electron chi connectivity index (χ2n) is 4.54. The van der Waals surface area contributed by atoms with Gasteiger partial charge in [-0.25, -0.2) is 0 Å². The SMILES string of the molecule is CC1C(=N)O[N-]N1N1C(C)CCCC1C. The summed E-state index contributed by atoms with van der Waals surface area (Å²) in [4.78, 5) is 4.92. The van der Waals surface area contributed by atoms with Crippen LogP contribution in [-0.4, -0.2) is 34.2 Å². The van der Waals surface area contributed by atoms with Gasteiger partial charge in [0.25, 0.3) is 0 Å². The van der Waals surface area contributed by atoms with Gasteiger partial charge < -0.3 is 10.4 Å². The fourth-order valence-electron chi connectivity index (χ4n) is 2.39. The van der Waals surface area contributed by atoms with Crippen LogP contribution < -0.4 is 0 Å². The lowest BCUT2D eigenvalue weighted by Crippen LogP contribution is -2.54. The van der Waals surface area contributed by atoms with Crippen molar-refractivity contribution in [3.8, 4) is 0 Å². The van der Waals surface area contributed by atoms with Crippen molar-refractivity contribution in [2.45, 2.75) is 58.2 Å². The highest BCUT2D eigenvalue weighted by atomic mass is 16.7. The van der Waals surface area contributed by atoms with E-state index in [9.17, 15) is 0 Å². The predicted molar refractivity (Wildman–Crippen MR) is 58.1 cm³/mol. The Kier molecular flexibility index (Phi) is 2.95. The topological polar surface area (TPSA) is 53.7 Å². The number of hydrazine groups is 1. The molecule has 0 amide bonds. The van der Waals surface area contributed by atoms with Crippen molar-refractivity contribution in [2.24, 2.45) is 0 Å². The molecule has 2 aliphatic heterocycles. The van der Waals surface area contributed by atoms with E-state index in [0.29, 0.717) is 12.1 Å². The highest BCUT2D eigenvalue weighted by Crippen LogP contribution is 2.30. The molecule has 2 rings (SSSR count). The van der Waals surface area contributed by atoms with E-state index in [1.165, 1.54) is 19.3 Å². The smallest absolute Gasteiger partial charge is 0.183 e. The summed E-state index contributed by atoms with van der Waals surface area (Å²) in [6, 6.07) is 0.900. The van der Waals surface area contributed by atoms with Gasteiger partial charge in [0.15, 0.2) is 5.90 Å². The maximum absolute atomic E-state index is 7.55. The van der Waals surface area contributed by atoms with E-state index in [-0.39, 0.29) is 11.9 Å². The molecule has 5 nitrogen and oxygen atoms in total. The molecule has 0 aliphatic carbocycles. The predicted octanol–water partition coefficient (Wildman–Crippen LogP) is 2.07. The minimum absolute atomic E-state index is 0.0620. The van der Waals surface area contributed by atoms with Crippen molar-refractivity contribution in [2.75, 3.05) is 0 Å². The van der Waals surface area contributed by atoms with E-state index in [1.807, 2.05) is 12.0 Å². The standard InChI is InChI=1S/C10H19N4O/c1-7-5-4-6-8(2)13(7)14-9(3)10(11)15-12-14/h7-9,11H,4-6H2,1-3H3/q-1. The molecule has 2 saturated heterocycles. The minimum atomic E-state index is -0.0620. The van der Waals surface area contributed by atoms with E-state index in [2.05, 4.69) is 24.4 Å². The molecule has 3 atom stereocenters. The van der Waals surface area contributed by atoms with Crippen LogP contribution in [0.5, 0.6) is 0 Å². The summed E-state index contributed by atoms with van der Waals surface area (Å²) >= 11 is 0. The van der Waals surface area contributed by atoms with Crippen LogP contribution in [0.15, 0.2) is 0 Å². The van der Waals surface area contributed by atoms with Crippen molar-refractivity contribution < 1.29 is 4.84 Å². The molecular weight excluding hydrogens is 192 g/mol. The maximum atomic E-state index is 7.55. The molecule has 1 N–H and O–H groups in total. The Balaban J connectivity index is 2.10. The summed E-state index contributed by atoms with van der Waals surface area (Å²) in [5, 5.41) is 11.6. The quantitative estimate of drug-likeness (QED) is 0.722. The van der Waals surface area contributed by atoms with Crippen LogP contribution in [0.3, 0.4) is 0 Å². The van der Waals surface area contributed by atoms with Gasteiger partial charge in [-0.3, -0.25) is 15.5 Å². The van der Waals surface area contributed by atoms with Gasteiger partial charge in [0.1, 0.15) is 0 Å². The van der Waals surface area contributed by atoms with E-state index in [0.717, 1.165) is 0 Å². The lowest BCUT2D eigenvalue weighted by molar-refractivity contribution is -0.0938. The van der Waals surface area contributed by atoms with Crippen molar-refractivity contribution >= 4 is 5.90 Å². The normalized spacial score (nSPS) is 39.4. The third-order valence-corrected chi connectivity index (χ3v) is 3.33. The first-order valence-electron chi connectivity index (χ1n) is 5.65. The first kappa shape index (κ1) is 10.9. The van der Waals surface area contributed by atoms with Gasteiger partial charge in [0, 0.05) is 12.1 Å². The summed E-state index contributed by atoms with van der Waals surface area (Å²) in [7, 11) is 0. The van der Waals surface area contributed by atoms with Crippen molar-refractivity contribution in [3.63, 3.8) is 0 Å². The second-order valence-corrected chi connectivity index (χ2v) is 4.54. The molecule has 3 unspecified atom stereocenters. The number of nitrogens with zero attached hydrogens (tertiary/aromatic N) is 3. The van der Waals surface area contributed by atoms with Gasteiger partial charge in [-0.05, 0) is 33.6 Å². The second kappa shape index (κ2) is 4.08. The van der Waals surface area contributed by atoms with Gasteiger partial charge in [0.05, 0.1) is 6.04 Å². The highest BCUT2D eigenvalue weighted by Gasteiger charge is 2.32. The van der Waals surface area contributed by atoms with Crippen molar-refractivity contribution in [3.05, 3.63) is 5.59 Å². The van der Waals surface area contributed by atoms with Gasteiger partial charge in [-0.1, -0.05) is 6.42 Å². The van der Waals surface area contributed by atoms with E-state index < -0.39 is 0 Å². The summed E-state index contributed by atoms with van der Waals surface area (Å²) in [5.74, 6) is 0.236.